The third kappa shape index (κ3) is 8.31. The van der Waals surface area contributed by atoms with Crippen molar-refractivity contribution in [2.45, 2.75) is 39.5 Å². The monoisotopic (exact) mass is 162 g/mol. The van der Waals surface area contributed by atoms with Gasteiger partial charge < -0.3 is 4.55 Å². The van der Waals surface area contributed by atoms with Crippen LogP contribution in [-0.2, 0) is 0 Å². The van der Waals surface area contributed by atoms with Gasteiger partial charge in [0.2, 0.25) is 0 Å². The topological polar surface area (TPSA) is 20.2 Å². The minimum Gasteiger partial charge on any atom is -0.330 e. The van der Waals surface area contributed by atoms with Gasteiger partial charge in [0, 0.05) is 5.75 Å². The highest BCUT2D eigenvalue weighted by atomic mass is 32.2. The van der Waals surface area contributed by atoms with Gasteiger partial charge in [-0.15, -0.1) is 0 Å². The van der Waals surface area contributed by atoms with E-state index < -0.39 is 0 Å². The van der Waals surface area contributed by atoms with Gasteiger partial charge in [-0.05, 0) is 24.4 Å². The van der Waals surface area contributed by atoms with Crippen LogP contribution in [0.5, 0.6) is 0 Å². The van der Waals surface area contributed by atoms with Crippen molar-refractivity contribution in [1.29, 1.82) is 0 Å². The fourth-order valence-corrected chi connectivity index (χ4v) is 1.23. The Hall–Kier alpha value is 0.310. The van der Waals surface area contributed by atoms with Crippen LogP contribution in [0.1, 0.15) is 39.5 Å². The quantitative estimate of drug-likeness (QED) is 0.477. The maximum Gasteiger partial charge on any atom is 0.0195 e. The highest BCUT2D eigenvalue weighted by Gasteiger charge is 1.93. The zero-order valence-electron chi connectivity index (χ0n) is 6.97. The van der Waals surface area contributed by atoms with Crippen molar-refractivity contribution < 1.29 is 4.55 Å². The van der Waals surface area contributed by atoms with E-state index in [0.29, 0.717) is 0 Å². The highest BCUT2D eigenvalue weighted by Crippen LogP contribution is 2.09. The number of hydrogen-bond acceptors (Lipinski definition) is 2. The van der Waals surface area contributed by atoms with Gasteiger partial charge in [-0.25, -0.2) is 0 Å². The van der Waals surface area contributed by atoms with Crippen molar-refractivity contribution >= 4 is 12.0 Å². The maximum absolute atomic E-state index is 8.39. The summed E-state index contributed by atoms with van der Waals surface area (Å²) in [5.41, 5.74) is 0. The van der Waals surface area contributed by atoms with Crippen LogP contribution < -0.4 is 0 Å². The van der Waals surface area contributed by atoms with E-state index in [0.717, 1.165) is 30.1 Å². The van der Waals surface area contributed by atoms with Crippen LogP contribution >= 0.6 is 12.0 Å². The summed E-state index contributed by atoms with van der Waals surface area (Å²) in [5, 5.41) is 0. The van der Waals surface area contributed by atoms with Gasteiger partial charge in [0.15, 0.2) is 0 Å². The van der Waals surface area contributed by atoms with E-state index >= 15 is 0 Å². The molecule has 2 heteroatoms. The summed E-state index contributed by atoms with van der Waals surface area (Å²) in [6.07, 6.45) is 5.08. The average Bonchev–Trinajstić information content (AvgIpc) is 1.87. The van der Waals surface area contributed by atoms with Gasteiger partial charge in [-0.3, -0.25) is 0 Å². The minimum absolute atomic E-state index is 0.835. The van der Waals surface area contributed by atoms with Gasteiger partial charge in [0.05, 0.1) is 0 Å². The Morgan fingerprint density at radius 2 is 1.90 bits per heavy atom. The molecule has 0 saturated carbocycles. The molecule has 0 radical (unpaired) electrons. The summed E-state index contributed by atoms with van der Waals surface area (Å²) >= 11 is 0.960. The molecule has 0 saturated heterocycles. The van der Waals surface area contributed by atoms with Gasteiger partial charge in [-0.2, -0.15) is 0 Å². The van der Waals surface area contributed by atoms with E-state index in [1.54, 1.807) is 0 Å². The predicted molar refractivity (Wildman–Crippen MR) is 48.4 cm³/mol. The molecule has 0 aromatic rings. The van der Waals surface area contributed by atoms with Gasteiger partial charge in [0.25, 0.3) is 0 Å². The molecular formula is C8H18OS. The summed E-state index contributed by atoms with van der Waals surface area (Å²) in [6, 6.07) is 0. The second kappa shape index (κ2) is 7.42. The molecule has 0 bridgehead atoms. The van der Waals surface area contributed by atoms with E-state index in [1.165, 1.54) is 19.3 Å². The van der Waals surface area contributed by atoms with Crippen LogP contribution in [0, 0.1) is 5.92 Å². The third-order valence-corrected chi connectivity index (χ3v) is 1.99. The molecule has 10 heavy (non-hydrogen) atoms. The lowest BCUT2D eigenvalue weighted by Crippen LogP contribution is -1.87. The van der Waals surface area contributed by atoms with Crippen molar-refractivity contribution in [3.63, 3.8) is 0 Å². The molecule has 0 unspecified atom stereocenters. The van der Waals surface area contributed by atoms with E-state index in [4.69, 9.17) is 4.55 Å². The lowest BCUT2D eigenvalue weighted by Gasteiger charge is -2.02. The maximum atomic E-state index is 8.39. The average molecular weight is 162 g/mol. The molecule has 0 heterocycles. The van der Waals surface area contributed by atoms with Crippen LogP contribution in [0.3, 0.4) is 0 Å². The Balaban J connectivity index is 2.77. The number of rotatable bonds is 6. The second-order valence-electron chi connectivity index (χ2n) is 3.08. The lowest BCUT2D eigenvalue weighted by atomic mass is 10.1. The normalized spacial score (nSPS) is 10.8. The van der Waals surface area contributed by atoms with E-state index in [-0.39, 0.29) is 0 Å². The first-order valence-corrected chi connectivity index (χ1v) is 4.98. The van der Waals surface area contributed by atoms with Crippen molar-refractivity contribution in [2.75, 3.05) is 5.75 Å². The van der Waals surface area contributed by atoms with Crippen molar-refractivity contribution in [1.82, 2.24) is 0 Å². The van der Waals surface area contributed by atoms with E-state index in [2.05, 4.69) is 13.8 Å². The number of unbranched alkanes of at least 4 members (excludes halogenated alkanes) is 2. The van der Waals surface area contributed by atoms with Gasteiger partial charge in [0.1, 0.15) is 0 Å². The van der Waals surface area contributed by atoms with E-state index in [1.807, 2.05) is 0 Å². The lowest BCUT2D eigenvalue weighted by molar-refractivity contribution is 0.534. The highest BCUT2D eigenvalue weighted by molar-refractivity contribution is 7.93. The Bertz CT molecular complexity index is 64.3. The first kappa shape index (κ1) is 10.3. The SMILES string of the molecule is CC(C)CCCCCSO. The van der Waals surface area contributed by atoms with Crippen LogP contribution in [-0.4, -0.2) is 10.3 Å². The Kier molecular flexibility index (Phi) is 7.65. The molecule has 1 nitrogen and oxygen atoms in total. The Morgan fingerprint density at radius 3 is 2.40 bits per heavy atom. The largest absolute Gasteiger partial charge is 0.330 e. The first-order chi connectivity index (χ1) is 4.77. The zero-order valence-corrected chi connectivity index (χ0v) is 7.78. The van der Waals surface area contributed by atoms with E-state index in [9.17, 15) is 0 Å². The van der Waals surface area contributed by atoms with Gasteiger partial charge in [-0.1, -0.05) is 33.1 Å². The molecule has 0 rings (SSSR count). The van der Waals surface area contributed by atoms with Crippen LogP contribution in [0.4, 0.5) is 0 Å². The molecular weight excluding hydrogens is 144 g/mol. The molecule has 1 N–H and O–H groups in total. The third-order valence-electron chi connectivity index (χ3n) is 1.52. The Labute approximate surface area is 68.4 Å². The molecule has 0 spiro atoms. The van der Waals surface area contributed by atoms with Crippen molar-refractivity contribution in [3.05, 3.63) is 0 Å². The molecule has 0 aromatic heterocycles. The smallest absolute Gasteiger partial charge is 0.0195 e. The summed E-state index contributed by atoms with van der Waals surface area (Å²) in [4.78, 5) is 0. The Morgan fingerprint density at radius 1 is 1.20 bits per heavy atom. The summed E-state index contributed by atoms with van der Waals surface area (Å²) in [5.74, 6) is 1.74. The predicted octanol–water partition coefficient (Wildman–Crippen LogP) is 3.41. The van der Waals surface area contributed by atoms with Crippen molar-refractivity contribution in [3.8, 4) is 0 Å². The standard InChI is InChI=1S/C8H18OS/c1-8(2)6-4-3-5-7-10-9/h8-9H,3-7H2,1-2H3. The molecule has 0 aliphatic carbocycles. The molecule has 0 aliphatic heterocycles. The molecule has 0 amide bonds. The molecule has 0 aromatic carbocycles. The summed E-state index contributed by atoms with van der Waals surface area (Å²) in [6.45, 7) is 4.50. The first-order valence-electron chi connectivity index (χ1n) is 4.03. The minimum atomic E-state index is 0.835. The molecule has 0 fully saturated rings. The second-order valence-corrected chi connectivity index (χ2v) is 3.74. The van der Waals surface area contributed by atoms with Crippen LogP contribution in [0.25, 0.3) is 0 Å². The fourth-order valence-electron chi connectivity index (χ4n) is 0.896. The molecule has 62 valence electrons. The number of hydrogen-bond donors (Lipinski definition) is 1. The summed E-state index contributed by atoms with van der Waals surface area (Å²) in [7, 11) is 0. The zero-order chi connectivity index (χ0) is 7.82. The molecule has 0 atom stereocenters. The fraction of sp³-hybridized carbons (Fsp3) is 1.00. The van der Waals surface area contributed by atoms with Crippen LogP contribution in [0.2, 0.25) is 0 Å². The van der Waals surface area contributed by atoms with Crippen LogP contribution in [0.15, 0.2) is 0 Å². The van der Waals surface area contributed by atoms with Crippen molar-refractivity contribution in [2.24, 2.45) is 5.92 Å². The summed E-state index contributed by atoms with van der Waals surface area (Å²) < 4.78 is 8.39. The molecule has 0 aliphatic rings. The van der Waals surface area contributed by atoms with Gasteiger partial charge >= 0.3 is 0 Å².